The maximum absolute atomic E-state index is 13.3. The van der Waals surface area contributed by atoms with Gasteiger partial charge >= 0.3 is 0 Å². The van der Waals surface area contributed by atoms with Gasteiger partial charge in [0.1, 0.15) is 23.4 Å². The van der Waals surface area contributed by atoms with Crippen molar-refractivity contribution in [2.24, 2.45) is 34.0 Å². The summed E-state index contributed by atoms with van der Waals surface area (Å²) in [6, 6.07) is 0. The highest BCUT2D eigenvalue weighted by Crippen LogP contribution is 2.80. The van der Waals surface area contributed by atoms with Crippen LogP contribution in [0.2, 0.25) is 0 Å². The van der Waals surface area contributed by atoms with Gasteiger partial charge in [-0.3, -0.25) is 4.79 Å². The topological polar surface area (TPSA) is 105 Å². The van der Waals surface area contributed by atoms with Crippen LogP contribution in [-0.2, 0) is 19.0 Å². The third-order valence-corrected chi connectivity index (χ3v) is 9.24. The van der Waals surface area contributed by atoms with Crippen LogP contribution in [0, 0.1) is 34.0 Å². The molecular weight excluding hydrogens is 364 g/mol. The normalized spacial score (nSPS) is 62.4. The summed E-state index contributed by atoms with van der Waals surface area (Å²) >= 11 is 0. The minimum absolute atomic E-state index is 0.0343. The average molecular weight is 392 g/mol. The fourth-order valence-corrected chi connectivity index (χ4v) is 8.56. The maximum Gasteiger partial charge on any atom is 0.211 e. The van der Waals surface area contributed by atoms with Crippen LogP contribution >= 0.6 is 0 Å². The first-order valence-electron chi connectivity index (χ1n) is 10.3. The number of hydrogen-bond acceptors (Lipinski definition) is 7. The Morgan fingerprint density at radius 2 is 1.93 bits per heavy atom. The van der Waals surface area contributed by atoms with Crippen molar-refractivity contribution in [3.8, 4) is 0 Å². The van der Waals surface area contributed by atoms with Crippen molar-refractivity contribution in [1.82, 2.24) is 0 Å². The van der Waals surface area contributed by atoms with Crippen LogP contribution in [0.25, 0.3) is 0 Å². The van der Waals surface area contributed by atoms with E-state index in [9.17, 15) is 20.1 Å². The van der Waals surface area contributed by atoms with Crippen molar-refractivity contribution in [2.45, 2.75) is 76.5 Å². The molecule has 11 atom stereocenters. The molecule has 0 aromatic carbocycles. The zero-order valence-electron chi connectivity index (χ0n) is 16.4. The molecule has 7 fully saturated rings. The SMILES string of the molecule is C=C1O[C@H]2[C@H]1CC[C@@H]1C2(C(C)=O)[C@@]2(O)OC3O[C@@H]4[C@@H](O)CC(C)(C)[C@@H]([C@@H]2O)[C@@]341. The Labute approximate surface area is 163 Å². The summed E-state index contributed by atoms with van der Waals surface area (Å²) in [5, 5.41) is 34.3. The summed E-state index contributed by atoms with van der Waals surface area (Å²) < 4.78 is 17.8. The van der Waals surface area contributed by atoms with Crippen LogP contribution in [0.5, 0.6) is 0 Å². The lowest BCUT2D eigenvalue weighted by Crippen LogP contribution is -2.94. The summed E-state index contributed by atoms with van der Waals surface area (Å²) in [5.41, 5.74) is -2.56. The summed E-state index contributed by atoms with van der Waals surface area (Å²) in [4.78, 5) is 13.3. The molecule has 3 saturated carbocycles. The number of carbonyl (C=O) groups excluding carboxylic acids is 1. The van der Waals surface area contributed by atoms with Gasteiger partial charge in [0.05, 0.1) is 29.3 Å². The van der Waals surface area contributed by atoms with Gasteiger partial charge in [0.25, 0.3) is 0 Å². The second kappa shape index (κ2) is 4.67. The molecule has 0 amide bonds. The molecule has 3 aliphatic carbocycles. The second-order valence-electron chi connectivity index (χ2n) is 10.6. The van der Waals surface area contributed by atoms with E-state index in [0.717, 1.165) is 6.42 Å². The third-order valence-electron chi connectivity index (χ3n) is 9.24. The van der Waals surface area contributed by atoms with E-state index >= 15 is 0 Å². The van der Waals surface area contributed by atoms with Gasteiger partial charge in [-0.25, -0.2) is 0 Å². The molecule has 0 radical (unpaired) electrons. The average Bonchev–Trinajstić information content (AvgIpc) is 2.56. The number of ketones is 1. The van der Waals surface area contributed by atoms with Crippen LogP contribution < -0.4 is 0 Å². The van der Waals surface area contributed by atoms with Gasteiger partial charge < -0.3 is 29.5 Å². The van der Waals surface area contributed by atoms with E-state index in [1.807, 2.05) is 13.8 Å². The number of hydrogen-bond donors (Lipinski definition) is 3. The largest absolute Gasteiger partial charge is 0.493 e. The van der Waals surface area contributed by atoms with Crippen molar-refractivity contribution in [1.29, 1.82) is 0 Å². The third kappa shape index (κ3) is 1.41. The lowest BCUT2D eigenvalue weighted by Gasteiger charge is -2.82. The number of aliphatic hydroxyl groups excluding tert-OH is 2. The molecule has 4 aliphatic heterocycles. The molecule has 4 heterocycles. The molecule has 7 heteroatoms. The van der Waals surface area contributed by atoms with E-state index in [1.165, 1.54) is 6.92 Å². The highest BCUT2D eigenvalue weighted by Gasteiger charge is 2.92. The maximum atomic E-state index is 13.3. The minimum Gasteiger partial charge on any atom is -0.493 e. The molecule has 28 heavy (non-hydrogen) atoms. The second-order valence-corrected chi connectivity index (χ2v) is 10.6. The van der Waals surface area contributed by atoms with Gasteiger partial charge in [-0.1, -0.05) is 20.4 Å². The smallest absolute Gasteiger partial charge is 0.211 e. The van der Waals surface area contributed by atoms with E-state index < -0.39 is 52.7 Å². The predicted molar refractivity (Wildman–Crippen MR) is 94.4 cm³/mol. The fourth-order valence-electron chi connectivity index (χ4n) is 8.56. The van der Waals surface area contributed by atoms with E-state index in [0.29, 0.717) is 18.6 Å². The molecule has 0 aromatic heterocycles. The van der Waals surface area contributed by atoms with E-state index in [-0.39, 0.29) is 23.5 Å². The highest BCUT2D eigenvalue weighted by molar-refractivity contribution is 5.86. The van der Waals surface area contributed by atoms with Crippen LogP contribution in [0.3, 0.4) is 0 Å². The van der Waals surface area contributed by atoms with Crippen molar-refractivity contribution in [2.75, 3.05) is 0 Å². The zero-order chi connectivity index (χ0) is 20.0. The molecule has 3 N–H and O–H groups in total. The summed E-state index contributed by atoms with van der Waals surface area (Å²) in [6.45, 7) is 9.41. The van der Waals surface area contributed by atoms with Gasteiger partial charge in [0.2, 0.25) is 5.79 Å². The van der Waals surface area contributed by atoms with Gasteiger partial charge in [-0.2, -0.15) is 0 Å². The molecule has 7 aliphatic rings. The molecule has 0 aromatic rings. The first-order chi connectivity index (χ1) is 13.0. The summed E-state index contributed by atoms with van der Waals surface area (Å²) in [7, 11) is 0. The van der Waals surface area contributed by atoms with Gasteiger partial charge in [0.15, 0.2) is 6.29 Å². The Balaban J connectivity index is 1.63. The zero-order valence-corrected chi connectivity index (χ0v) is 16.4. The van der Waals surface area contributed by atoms with Gasteiger partial charge in [0, 0.05) is 5.92 Å². The molecule has 154 valence electrons. The lowest BCUT2D eigenvalue weighted by atomic mass is 9.31. The highest BCUT2D eigenvalue weighted by atomic mass is 16.8. The summed E-state index contributed by atoms with van der Waals surface area (Å²) in [5.74, 6) is -2.37. The summed E-state index contributed by atoms with van der Waals surface area (Å²) in [6.07, 6.45) is -1.85. The standard InChI is InChI=1S/C21H28O7/c1-8-10-5-6-12-19-13-14(24)21(25,20(12,9(2)22)15(10)26-8)28-17(19)27-16(19)11(23)7-18(13,3)4/h10-17,23-25H,1,5-7H2,2-4H3/t10-,11-,12-,13+,14-,15-,16+,17?,19+,20?,21-/m0/s1. The minimum atomic E-state index is -2.09. The van der Waals surface area contributed by atoms with Crippen LogP contribution in [0.1, 0.15) is 40.0 Å². The molecule has 2 bridgehead atoms. The monoisotopic (exact) mass is 392 g/mol. The predicted octanol–water partition coefficient (Wildman–Crippen LogP) is 0.712. The Bertz CT molecular complexity index is 809. The van der Waals surface area contributed by atoms with Crippen LogP contribution in [0.4, 0.5) is 0 Å². The first-order valence-corrected chi connectivity index (χ1v) is 10.3. The van der Waals surface area contributed by atoms with Gasteiger partial charge in [-0.05, 0) is 37.5 Å². The Morgan fingerprint density at radius 3 is 2.57 bits per heavy atom. The van der Waals surface area contributed by atoms with E-state index in [4.69, 9.17) is 14.2 Å². The molecule has 7 rings (SSSR count). The van der Waals surface area contributed by atoms with Crippen molar-refractivity contribution < 1.29 is 34.3 Å². The quantitative estimate of drug-likeness (QED) is 0.604. The fraction of sp³-hybridized carbons (Fsp3) is 0.857. The van der Waals surface area contributed by atoms with Crippen LogP contribution in [-0.4, -0.2) is 57.6 Å². The van der Waals surface area contributed by atoms with Gasteiger partial charge in [-0.15, -0.1) is 0 Å². The Morgan fingerprint density at radius 1 is 1.21 bits per heavy atom. The number of fused-ring (bicyclic) bond motifs is 1. The molecule has 2 unspecified atom stereocenters. The molecular formula is C21H28O7. The number of ether oxygens (including phenoxy) is 3. The van der Waals surface area contributed by atoms with Crippen molar-refractivity contribution >= 4 is 5.78 Å². The number of carbonyl (C=O) groups is 1. The van der Waals surface area contributed by atoms with E-state index in [1.54, 1.807) is 0 Å². The van der Waals surface area contributed by atoms with E-state index in [2.05, 4.69) is 6.58 Å². The van der Waals surface area contributed by atoms with Crippen LogP contribution in [0.15, 0.2) is 12.3 Å². The Kier molecular flexibility index (Phi) is 2.98. The number of rotatable bonds is 1. The Hall–Kier alpha value is -0.990. The first kappa shape index (κ1) is 17.8. The van der Waals surface area contributed by atoms with Crippen molar-refractivity contribution in [3.63, 3.8) is 0 Å². The molecule has 1 spiro atoms. The number of aliphatic hydroxyl groups is 3. The molecule has 4 saturated heterocycles. The number of Topliss-reactive ketones (excluding diaryl/α,β-unsaturated/α-hetero) is 1. The lowest BCUT2D eigenvalue weighted by molar-refractivity contribution is -0.575. The van der Waals surface area contributed by atoms with Crippen molar-refractivity contribution in [3.05, 3.63) is 12.3 Å². The molecule has 7 nitrogen and oxygen atoms in total.